The van der Waals surface area contributed by atoms with Crippen LogP contribution < -0.4 is 5.73 Å². The Morgan fingerprint density at radius 1 is 1.50 bits per heavy atom. The van der Waals surface area contributed by atoms with Crippen LogP contribution in [0.4, 0.5) is 0 Å². The van der Waals surface area contributed by atoms with Crippen LogP contribution in [0.15, 0.2) is 0 Å². The first-order chi connectivity index (χ1) is 6.63. The van der Waals surface area contributed by atoms with Crippen LogP contribution in [0.3, 0.4) is 0 Å². The van der Waals surface area contributed by atoms with E-state index < -0.39 is 5.97 Å². The first-order valence-electron chi connectivity index (χ1n) is 5.05. The zero-order chi connectivity index (χ0) is 11.0. The van der Waals surface area contributed by atoms with Gasteiger partial charge in [-0.1, -0.05) is 6.92 Å². The van der Waals surface area contributed by atoms with E-state index in [0.29, 0.717) is 19.6 Å². The van der Waals surface area contributed by atoms with Gasteiger partial charge in [0.25, 0.3) is 0 Å². The van der Waals surface area contributed by atoms with E-state index in [1.54, 1.807) is 7.11 Å². The minimum absolute atomic E-state index is 0.152. The molecule has 0 amide bonds. The predicted octanol–water partition coefficient (Wildman–Crippen LogP) is 1.10. The first kappa shape index (κ1) is 13.4. The molecule has 0 saturated carbocycles. The maximum atomic E-state index is 10.9. The lowest BCUT2D eigenvalue weighted by molar-refractivity contribution is -0.144. The molecule has 4 nitrogen and oxygen atoms in total. The quantitative estimate of drug-likeness (QED) is 0.619. The van der Waals surface area contributed by atoms with Gasteiger partial charge in [-0.15, -0.1) is 0 Å². The summed E-state index contributed by atoms with van der Waals surface area (Å²) in [5.74, 6) is -0.852. The number of carbonyl (C=O) groups is 1. The molecule has 0 aromatic heterocycles. The zero-order valence-corrected chi connectivity index (χ0v) is 9.03. The van der Waals surface area contributed by atoms with Crippen LogP contribution in [-0.4, -0.2) is 31.3 Å². The van der Waals surface area contributed by atoms with Crippen LogP contribution in [0.2, 0.25) is 0 Å². The van der Waals surface area contributed by atoms with Crippen molar-refractivity contribution >= 4 is 5.97 Å². The molecule has 0 radical (unpaired) electrons. The fourth-order valence-electron chi connectivity index (χ4n) is 1.49. The van der Waals surface area contributed by atoms with Crippen LogP contribution in [0, 0.1) is 11.8 Å². The van der Waals surface area contributed by atoms with Crippen molar-refractivity contribution < 1.29 is 14.6 Å². The first-order valence-corrected chi connectivity index (χ1v) is 5.05. The highest BCUT2D eigenvalue weighted by atomic mass is 16.5. The molecular weight excluding hydrogens is 182 g/mol. The van der Waals surface area contributed by atoms with Crippen LogP contribution in [0.5, 0.6) is 0 Å². The molecule has 2 atom stereocenters. The van der Waals surface area contributed by atoms with Gasteiger partial charge in [0.05, 0.1) is 5.92 Å². The summed E-state index contributed by atoms with van der Waals surface area (Å²) in [6.45, 7) is 3.13. The number of hydrogen-bond acceptors (Lipinski definition) is 3. The second-order valence-electron chi connectivity index (χ2n) is 3.63. The summed E-state index contributed by atoms with van der Waals surface area (Å²) in [6, 6.07) is 0. The van der Waals surface area contributed by atoms with Gasteiger partial charge in [-0.2, -0.15) is 0 Å². The van der Waals surface area contributed by atoms with Gasteiger partial charge >= 0.3 is 5.97 Å². The van der Waals surface area contributed by atoms with E-state index >= 15 is 0 Å². The zero-order valence-electron chi connectivity index (χ0n) is 9.03. The van der Waals surface area contributed by atoms with E-state index in [0.717, 1.165) is 12.8 Å². The van der Waals surface area contributed by atoms with Gasteiger partial charge in [-0.05, 0) is 31.7 Å². The Balaban J connectivity index is 3.97. The summed E-state index contributed by atoms with van der Waals surface area (Å²) in [5.41, 5.74) is 5.36. The van der Waals surface area contributed by atoms with Gasteiger partial charge in [-0.25, -0.2) is 0 Å². The summed E-state index contributed by atoms with van der Waals surface area (Å²) in [7, 11) is 1.63. The molecule has 0 aromatic carbocycles. The second kappa shape index (κ2) is 7.76. The van der Waals surface area contributed by atoms with E-state index in [1.807, 2.05) is 6.92 Å². The molecule has 14 heavy (non-hydrogen) atoms. The molecule has 0 spiro atoms. The predicted molar refractivity (Wildman–Crippen MR) is 55.1 cm³/mol. The molecule has 3 N–H and O–H groups in total. The number of ether oxygens (including phenoxy) is 1. The van der Waals surface area contributed by atoms with Crippen molar-refractivity contribution in [2.45, 2.75) is 26.2 Å². The highest BCUT2D eigenvalue weighted by molar-refractivity contribution is 5.70. The fraction of sp³-hybridized carbons (Fsp3) is 0.900. The largest absolute Gasteiger partial charge is 0.481 e. The number of rotatable bonds is 8. The van der Waals surface area contributed by atoms with Crippen LogP contribution in [-0.2, 0) is 9.53 Å². The lowest BCUT2D eigenvalue weighted by Crippen LogP contribution is -2.23. The molecule has 0 saturated heterocycles. The summed E-state index contributed by atoms with van der Waals surface area (Å²) in [4.78, 5) is 10.9. The third kappa shape index (κ3) is 5.19. The van der Waals surface area contributed by atoms with Crippen LogP contribution in [0.25, 0.3) is 0 Å². The maximum absolute atomic E-state index is 10.9. The molecule has 0 aromatic rings. The lowest BCUT2D eigenvalue weighted by atomic mass is 9.88. The van der Waals surface area contributed by atoms with E-state index in [9.17, 15) is 4.79 Å². The molecule has 4 heteroatoms. The highest BCUT2D eigenvalue weighted by Crippen LogP contribution is 2.20. The molecule has 0 bridgehead atoms. The Morgan fingerprint density at radius 2 is 2.14 bits per heavy atom. The number of carboxylic acids is 1. The van der Waals surface area contributed by atoms with E-state index in [2.05, 4.69) is 0 Å². The molecular formula is C10H21NO3. The minimum atomic E-state index is -0.720. The molecule has 0 aliphatic heterocycles. The van der Waals surface area contributed by atoms with Crippen LogP contribution >= 0.6 is 0 Å². The van der Waals surface area contributed by atoms with Gasteiger partial charge < -0.3 is 15.6 Å². The maximum Gasteiger partial charge on any atom is 0.306 e. The van der Waals surface area contributed by atoms with Gasteiger partial charge in [0, 0.05) is 13.7 Å². The third-order valence-corrected chi connectivity index (χ3v) is 2.50. The molecule has 0 heterocycles. The third-order valence-electron chi connectivity index (χ3n) is 2.50. The molecule has 0 rings (SSSR count). The average molecular weight is 203 g/mol. The number of nitrogens with two attached hydrogens (primary N) is 1. The Morgan fingerprint density at radius 3 is 2.57 bits per heavy atom. The molecule has 0 aliphatic carbocycles. The lowest BCUT2D eigenvalue weighted by Gasteiger charge is -2.19. The van der Waals surface area contributed by atoms with Gasteiger partial charge in [-0.3, -0.25) is 4.79 Å². The van der Waals surface area contributed by atoms with E-state index in [-0.39, 0.29) is 11.8 Å². The van der Waals surface area contributed by atoms with Crippen molar-refractivity contribution in [1.82, 2.24) is 0 Å². The van der Waals surface area contributed by atoms with Crippen molar-refractivity contribution in [2.75, 3.05) is 20.3 Å². The molecule has 2 unspecified atom stereocenters. The number of hydrogen-bond donors (Lipinski definition) is 2. The Kier molecular flexibility index (Phi) is 7.42. The van der Waals surface area contributed by atoms with Gasteiger partial charge in [0.2, 0.25) is 0 Å². The van der Waals surface area contributed by atoms with Crippen molar-refractivity contribution in [2.24, 2.45) is 17.6 Å². The monoisotopic (exact) mass is 203 g/mol. The highest BCUT2D eigenvalue weighted by Gasteiger charge is 2.23. The number of carboxylic acid groups (broad SMARTS) is 1. The van der Waals surface area contributed by atoms with Crippen LogP contribution in [0.1, 0.15) is 26.2 Å². The van der Waals surface area contributed by atoms with Crippen molar-refractivity contribution in [3.05, 3.63) is 0 Å². The van der Waals surface area contributed by atoms with Crippen molar-refractivity contribution in [3.8, 4) is 0 Å². The molecule has 0 fully saturated rings. The normalized spacial score (nSPS) is 15.1. The SMILES string of the molecule is COCCC(C)C(CCCN)C(=O)O. The van der Waals surface area contributed by atoms with Crippen molar-refractivity contribution in [3.63, 3.8) is 0 Å². The van der Waals surface area contributed by atoms with Gasteiger partial charge in [0.1, 0.15) is 0 Å². The van der Waals surface area contributed by atoms with Crippen molar-refractivity contribution in [1.29, 1.82) is 0 Å². The van der Waals surface area contributed by atoms with E-state index in [4.69, 9.17) is 15.6 Å². The summed E-state index contributed by atoms with van der Waals surface area (Å²) >= 11 is 0. The molecule has 0 aliphatic rings. The minimum Gasteiger partial charge on any atom is -0.481 e. The number of aliphatic carboxylic acids is 1. The Hall–Kier alpha value is -0.610. The topological polar surface area (TPSA) is 72.5 Å². The number of methoxy groups -OCH3 is 1. The summed E-state index contributed by atoms with van der Waals surface area (Å²) in [6.07, 6.45) is 2.23. The average Bonchev–Trinajstić information content (AvgIpc) is 2.14. The second-order valence-corrected chi connectivity index (χ2v) is 3.63. The summed E-state index contributed by atoms with van der Waals surface area (Å²) in [5, 5.41) is 8.99. The van der Waals surface area contributed by atoms with Gasteiger partial charge in [0.15, 0.2) is 0 Å². The Bertz CT molecular complexity index is 161. The van der Waals surface area contributed by atoms with E-state index in [1.165, 1.54) is 0 Å². The fourth-order valence-corrected chi connectivity index (χ4v) is 1.49. The standard InChI is InChI=1S/C10H21NO3/c1-8(5-7-14-2)9(10(12)13)4-3-6-11/h8-9H,3-7,11H2,1-2H3,(H,12,13). The smallest absolute Gasteiger partial charge is 0.306 e. The molecule has 84 valence electrons. The summed E-state index contributed by atoms with van der Waals surface area (Å²) < 4.78 is 4.93. The Labute approximate surface area is 85.4 Å².